The van der Waals surface area contributed by atoms with Crippen LogP contribution in [-0.4, -0.2) is 17.3 Å². The van der Waals surface area contributed by atoms with Crippen LogP contribution >= 0.6 is 0 Å². The minimum atomic E-state index is -0.370. The summed E-state index contributed by atoms with van der Waals surface area (Å²) in [7, 11) is 0. The van der Waals surface area contributed by atoms with Crippen LogP contribution in [0.4, 0.5) is 0 Å². The van der Waals surface area contributed by atoms with Crippen molar-refractivity contribution in [3.8, 4) is 0 Å². The van der Waals surface area contributed by atoms with E-state index in [1.54, 1.807) is 0 Å². The Morgan fingerprint density at radius 2 is 2.07 bits per heavy atom. The quantitative estimate of drug-likeness (QED) is 0.765. The van der Waals surface area contributed by atoms with Gasteiger partial charge in [-0.25, -0.2) is 0 Å². The summed E-state index contributed by atoms with van der Waals surface area (Å²) in [4.78, 5) is 0. The number of aliphatic hydroxyl groups is 1. The van der Waals surface area contributed by atoms with Gasteiger partial charge in [-0.05, 0) is 17.6 Å². The lowest BCUT2D eigenvalue weighted by atomic mass is 10.2. The highest BCUT2D eigenvalue weighted by atomic mass is 16.5. The Kier molecular flexibility index (Phi) is 3.19. The molecule has 1 fully saturated rings. The summed E-state index contributed by atoms with van der Waals surface area (Å²) >= 11 is 0. The van der Waals surface area contributed by atoms with Crippen molar-refractivity contribution < 1.29 is 9.84 Å². The van der Waals surface area contributed by atoms with Gasteiger partial charge in [-0.3, -0.25) is 0 Å². The van der Waals surface area contributed by atoms with Crippen molar-refractivity contribution in [3.63, 3.8) is 0 Å². The Hall–Kier alpha value is -1.12. The molecule has 1 aromatic rings. The Labute approximate surface area is 90.2 Å². The van der Waals surface area contributed by atoms with E-state index in [1.807, 2.05) is 30.3 Å². The highest BCUT2D eigenvalue weighted by Crippen LogP contribution is 2.26. The van der Waals surface area contributed by atoms with Gasteiger partial charge in [0, 0.05) is 6.42 Å². The zero-order chi connectivity index (χ0) is 10.7. The molecule has 2 rings (SSSR count). The normalized spacial score (nSPS) is 25.8. The fourth-order valence-corrected chi connectivity index (χ4v) is 1.84. The fourth-order valence-electron chi connectivity index (χ4n) is 1.84. The summed E-state index contributed by atoms with van der Waals surface area (Å²) in [5.41, 5.74) is 2.07. The van der Waals surface area contributed by atoms with Crippen LogP contribution < -0.4 is 0 Å². The zero-order valence-electron chi connectivity index (χ0n) is 8.73. The van der Waals surface area contributed by atoms with Gasteiger partial charge in [0.05, 0.1) is 18.8 Å². The van der Waals surface area contributed by atoms with Gasteiger partial charge in [0.1, 0.15) is 0 Å². The van der Waals surface area contributed by atoms with Crippen LogP contribution in [0.15, 0.2) is 42.5 Å². The second kappa shape index (κ2) is 4.60. The van der Waals surface area contributed by atoms with E-state index in [1.165, 1.54) is 5.56 Å². The number of ether oxygens (including phenoxy) is 1. The number of aliphatic hydroxyl groups excluding tert-OH is 1. The molecule has 15 heavy (non-hydrogen) atoms. The maximum Gasteiger partial charge on any atom is 0.0773 e. The summed E-state index contributed by atoms with van der Waals surface area (Å²) in [6, 6.07) is 10.1. The smallest absolute Gasteiger partial charge is 0.0773 e. The summed E-state index contributed by atoms with van der Waals surface area (Å²) < 4.78 is 5.71. The van der Waals surface area contributed by atoms with E-state index in [2.05, 4.69) is 6.58 Å². The molecule has 0 spiro atoms. The van der Waals surface area contributed by atoms with Crippen molar-refractivity contribution >= 4 is 0 Å². The average molecular weight is 204 g/mol. The predicted molar refractivity (Wildman–Crippen MR) is 59.4 cm³/mol. The second-order valence-corrected chi connectivity index (χ2v) is 4.03. The largest absolute Gasteiger partial charge is 0.389 e. The molecule has 0 saturated heterocycles. The third kappa shape index (κ3) is 2.67. The van der Waals surface area contributed by atoms with Crippen LogP contribution in [0.5, 0.6) is 0 Å². The minimum Gasteiger partial charge on any atom is -0.389 e. The average Bonchev–Trinajstić information content (AvgIpc) is 2.57. The van der Waals surface area contributed by atoms with E-state index in [-0.39, 0.29) is 12.2 Å². The molecule has 2 atom stereocenters. The Morgan fingerprint density at radius 1 is 1.33 bits per heavy atom. The monoisotopic (exact) mass is 204 g/mol. The first-order chi connectivity index (χ1) is 7.25. The fraction of sp³-hybridized carbons (Fsp3) is 0.385. The van der Waals surface area contributed by atoms with Gasteiger partial charge < -0.3 is 9.84 Å². The van der Waals surface area contributed by atoms with Crippen molar-refractivity contribution in [2.45, 2.75) is 31.7 Å². The van der Waals surface area contributed by atoms with E-state index in [9.17, 15) is 5.11 Å². The molecule has 1 saturated carbocycles. The van der Waals surface area contributed by atoms with Gasteiger partial charge in [0.2, 0.25) is 0 Å². The standard InChI is InChI=1S/C13H16O2/c1-10-7-12(8-13(10)14)15-9-11-5-3-2-4-6-11/h2-6,12-14H,1,7-9H2. The maximum absolute atomic E-state index is 9.49. The molecule has 0 heterocycles. The second-order valence-electron chi connectivity index (χ2n) is 4.03. The van der Waals surface area contributed by atoms with Crippen LogP contribution in [0.2, 0.25) is 0 Å². The van der Waals surface area contributed by atoms with Crippen LogP contribution in [0.25, 0.3) is 0 Å². The first-order valence-corrected chi connectivity index (χ1v) is 5.27. The molecule has 80 valence electrons. The molecule has 1 N–H and O–H groups in total. The lowest BCUT2D eigenvalue weighted by Gasteiger charge is -2.10. The molecule has 1 aliphatic rings. The van der Waals surface area contributed by atoms with E-state index in [4.69, 9.17) is 4.74 Å². The Balaban J connectivity index is 1.82. The first-order valence-electron chi connectivity index (χ1n) is 5.27. The van der Waals surface area contributed by atoms with Crippen LogP contribution in [0, 0.1) is 0 Å². The maximum atomic E-state index is 9.49. The van der Waals surface area contributed by atoms with Gasteiger partial charge in [0.25, 0.3) is 0 Å². The number of rotatable bonds is 3. The summed E-state index contributed by atoms with van der Waals surface area (Å²) in [5.74, 6) is 0. The van der Waals surface area contributed by atoms with E-state index >= 15 is 0 Å². The van der Waals surface area contributed by atoms with Gasteiger partial charge in [-0.15, -0.1) is 0 Å². The number of hydrogen-bond acceptors (Lipinski definition) is 2. The molecular formula is C13H16O2. The molecule has 1 aliphatic carbocycles. The molecule has 0 aromatic heterocycles. The molecule has 2 nitrogen and oxygen atoms in total. The lowest BCUT2D eigenvalue weighted by molar-refractivity contribution is 0.0357. The van der Waals surface area contributed by atoms with Crippen LogP contribution in [-0.2, 0) is 11.3 Å². The number of hydrogen-bond donors (Lipinski definition) is 1. The molecular weight excluding hydrogens is 188 g/mol. The van der Waals surface area contributed by atoms with E-state index in [0.717, 1.165) is 12.0 Å². The predicted octanol–water partition coefficient (Wildman–Crippen LogP) is 2.28. The van der Waals surface area contributed by atoms with Gasteiger partial charge in [-0.2, -0.15) is 0 Å². The Morgan fingerprint density at radius 3 is 2.67 bits per heavy atom. The summed E-state index contributed by atoms with van der Waals surface area (Å²) in [6.45, 7) is 4.43. The zero-order valence-corrected chi connectivity index (χ0v) is 8.73. The Bertz CT molecular complexity index is 332. The van der Waals surface area contributed by atoms with Crippen molar-refractivity contribution in [1.29, 1.82) is 0 Å². The highest BCUT2D eigenvalue weighted by Gasteiger charge is 2.26. The molecule has 1 aromatic carbocycles. The summed E-state index contributed by atoms with van der Waals surface area (Å²) in [5, 5.41) is 9.49. The van der Waals surface area contributed by atoms with Crippen molar-refractivity contribution in [3.05, 3.63) is 48.0 Å². The van der Waals surface area contributed by atoms with E-state index in [0.29, 0.717) is 13.0 Å². The topological polar surface area (TPSA) is 29.5 Å². The number of benzene rings is 1. The van der Waals surface area contributed by atoms with Crippen molar-refractivity contribution in [2.75, 3.05) is 0 Å². The molecule has 0 aliphatic heterocycles. The SMILES string of the molecule is C=C1CC(OCc2ccccc2)CC1O. The van der Waals surface area contributed by atoms with Gasteiger partial charge in [0.15, 0.2) is 0 Å². The first kappa shape index (κ1) is 10.4. The van der Waals surface area contributed by atoms with Crippen LogP contribution in [0.3, 0.4) is 0 Å². The summed E-state index contributed by atoms with van der Waals surface area (Å²) in [6.07, 6.45) is 1.23. The third-order valence-electron chi connectivity index (χ3n) is 2.78. The van der Waals surface area contributed by atoms with Crippen molar-refractivity contribution in [2.24, 2.45) is 0 Å². The molecule has 0 bridgehead atoms. The highest BCUT2D eigenvalue weighted by molar-refractivity contribution is 5.14. The lowest BCUT2D eigenvalue weighted by Crippen LogP contribution is -2.09. The molecule has 0 radical (unpaired) electrons. The van der Waals surface area contributed by atoms with Crippen LogP contribution in [0.1, 0.15) is 18.4 Å². The third-order valence-corrected chi connectivity index (χ3v) is 2.78. The van der Waals surface area contributed by atoms with Crippen molar-refractivity contribution in [1.82, 2.24) is 0 Å². The van der Waals surface area contributed by atoms with E-state index < -0.39 is 0 Å². The minimum absolute atomic E-state index is 0.132. The molecule has 2 heteroatoms. The molecule has 0 amide bonds. The van der Waals surface area contributed by atoms with Gasteiger partial charge in [-0.1, -0.05) is 36.9 Å². The molecule has 2 unspecified atom stereocenters. The van der Waals surface area contributed by atoms with Gasteiger partial charge >= 0.3 is 0 Å².